The van der Waals surface area contributed by atoms with Crippen molar-refractivity contribution in [2.45, 2.75) is 52.6 Å². The largest absolute Gasteiger partial charge is 0.482 e. The summed E-state index contributed by atoms with van der Waals surface area (Å²) in [5.41, 5.74) is 15.3. The fraction of sp³-hybridized carbons (Fsp3) is 0.382. The molecular formula is C34H41N11O9. The van der Waals surface area contributed by atoms with Crippen LogP contribution in [0.4, 0.5) is 11.6 Å². The first kappa shape index (κ1) is 38.5. The minimum Gasteiger partial charge on any atom is -0.482 e. The molecule has 20 heteroatoms. The first-order valence-corrected chi connectivity index (χ1v) is 16.9. The van der Waals surface area contributed by atoms with Gasteiger partial charge in [-0.2, -0.15) is 29.9 Å². The molecule has 0 amide bonds. The number of rotatable bonds is 16. The average Bonchev–Trinajstić information content (AvgIpc) is 3.70. The predicted octanol–water partition coefficient (Wildman–Crippen LogP) is 3.26. The number of nitrogens with two attached hydrogens (primary N) is 2. The topological polar surface area (TPSA) is 273 Å². The summed E-state index contributed by atoms with van der Waals surface area (Å²) in [7, 11) is 2.99. The zero-order valence-corrected chi connectivity index (χ0v) is 30.2. The number of nitrogens with zero attached hydrogens (tertiary/aromatic N) is 9. The summed E-state index contributed by atoms with van der Waals surface area (Å²) in [5, 5.41) is 17.9. The van der Waals surface area contributed by atoms with Crippen LogP contribution in [0.5, 0.6) is 24.0 Å². The number of aromatic carboxylic acids is 1. The lowest BCUT2D eigenvalue weighted by Gasteiger charge is -2.15. The highest BCUT2D eigenvalue weighted by Gasteiger charge is 2.21. The second-order valence-electron chi connectivity index (χ2n) is 11.7. The Balaban J connectivity index is 0.000000208. The molecule has 5 aromatic heterocycles. The number of hydrogen-bond donors (Lipinski definition) is 4. The van der Waals surface area contributed by atoms with E-state index in [1.807, 2.05) is 0 Å². The maximum Gasteiger partial charge on any atom is 0.371 e. The van der Waals surface area contributed by atoms with Crippen molar-refractivity contribution in [3.8, 4) is 24.0 Å². The number of fused-ring (bicyclic) bond motifs is 2. The van der Waals surface area contributed by atoms with E-state index < -0.39 is 11.9 Å². The summed E-state index contributed by atoms with van der Waals surface area (Å²) >= 11 is 0. The fourth-order valence-corrected chi connectivity index (χ4v) is 5.03. The van der Waals surface area contributed by atoms with Crippen LogP contribution in [0.25, 0.3) is 22.3 Å². The van der Waals surface area contributed by atoms with Crippen molar-refractivity contribution in [1.82, 2.24) is 44.0 Å². The minimum atomic E-state index is -1.11. The van der Waals surface area contributed by atoms with Crippen molar-refractivity contribution in [3.63, 3.8) is 0 Å². The van der Waals surface area contributed by atoms with E-state index in [1.165, 1.54) is 32.6 Å². The zero-order valence-electron chi connectivity index (χ0n) is 30.2. The molecule has 1 aliphatic heterocycles. The van der Waals surface area contributed by atoms with E-state index in [-0.39, 0.29) is 41.7 Å². The predicted molar refractivity (Wildman–Crippen MR) is 193 cm³/mol. The Hall–Kier alpha value is -6.73. The van der Waals surface area contributed by atoms with Crippen molar-refractivity contribution in [1.29, 1.82) is 0 Å². The molecule has 0 bridgehead atoms. The Morgan fingerprint density at radius 3 is 1.76 bits per heavy atom. The van der Waals surface area contributed by atoms with E-state index in [0.717, 1.165) is 36.8 Å². The van der Waals surface area contributed by atoms with Crippen LogP contribution in [-0.2, 0) is 22.6 Å². The number of carboxylic acid groups (broad SMARTS) is 2. The van der Waals surface area contributed by atoms with Gasteiger partial charge in [-0.05, 0) is 36.1 Å². The van der Waals surface area contributed by atoms with E-state index in [4.69, 9.17) is 45.4 Å². The van der Waals surface area contributed by atoms with Gasteiger partial charge in [-0.1, -0.05) is 38.8 Å². The van der Waals surface area contributed by atoms with Crippen molar-refractivity contribution in [2.24, 2.45) is 0 Å². The Morgan fingerprint density at radius 2 is 1.33 bits per heavy atom. The minimum absolute atomic E-state index is 0.0283. The third-order valence-corrected chi connectivity index (χ3v) is 7.80. The van der Waals surface area contributed by atoms with Crippen LogP contribution >= 0.6 is 0 Å². The molecule has 0 spiro atoms. The van der Waals surface area contributed by atoms with E-state index >= 15 is 0 Å². The SMILES string of the molecule is CCCCOc1nc(N)c2nc(OC)n(CC3=CC=C(C(=O)O)OC3)c2n1.CCCCOc1nc(N)c2nc(OC)n(Cc3ccc(C(=O)O)nc3)c2n1. The molecule has 0 unspecified atom stereocenters. The van der Waals surface area contributed by atoms with Crippen molar-refractivity contribution < 1.29 is 43.5 Å². The highest BCUT2D eigenvalue weighted by Crippen LogP contribution is 2.28. The summed E-state index contributed by atoms with van der Waals surface area (Å²) in [4.78, 5) is 51.6. The molecule has 6 rings (SSSR count). The Bertz CT molecular complexity index is 2180. The number of ether oxygens (including phenoxy) is 5. The number of methoxy groups -OCH3 is 2. The Labute approximate surface area is 308 Å². The molecule has 286 valence electrons. The zero-order chi connectivity index (χ0) is 38.8. The van der Waals surface area contributed by atoms with Gasteiger partial charge in [0.25, 0.3) is 12.0 Å². The average molecular weight is 748 g/mol. The number of carbonyl (C=O) groups is 2. The second kappa shape index (κ2) is 17.7. The van der Waals surface area contributed by atoms with Crippen LogP contribution in [0.3, 0.4) is 0 Å². The van der Waals surface area contributed by atoms with Gasteiger partial charge in [0.05, 0.1) is 40.5 Å². The second-order valence-corrected chi connectivity index (χ2v) is 11.7. The van der Waals surface area contributed by atoms with Crippen LogP contribution in [0.2, 0.25) is 0 Å². The lowest BCUT2D eigenvalue weighted by Crippen LogP contribution is -2.14. The van der Waals surface area contributed by atoms with Gasteiger partial charge in [-0.3, -0.25) is 9.13 Å². The molecule has 1 aliphatic rings. The standard InChI is InChI=1S/C17H20N6O4.C17H21N5O5/c1-3-4-7-27-16-21-13(18)12-14(22-16)23(17(20-12)26-2)9-10-5-6-11(15(24)25)19-8-10;1-3-4-7-26-16-20-13(18)12-14(21-16)22(17(19-12)25-2)8-10-5-6-11(15(23)24)27-9-10/h5-6,8H,3-4,7,9H2,1-2H3,(H,24,25)(H2,18,21,22);5-6H,3-4,7-9H2,1-2H3,(H,23,24)(H2,18,20,21). The summed E-state index contributed by atoms with van der Waals surface area (Å²) in [6.45, 7) is 5.91. The summed E-state index contributed by atoms with van der Waals surface area (Å²) in [6, 6.07) is 4.08. The van der Waals surface area contributed by atoms with Crippen LogP contribution in [0.1, 0.15) is 55.6 Å². The molecule has 54 heavy (non-hydrogen) atoms. The van der Waals surface area contributed by atoms with Gasteiger partial charge in [-0.25, -0.2) is 14.6 Å². The maximum atomic E-state index is 10.9. The molecule has 0 radical (unpaired) electrons. The van der Waals surface area contributed by atoms with Crippen molar-refractivity contribution in [3.05, 3.63) is 53.1 Å². The van der Waals surface area contributed by atoms with Gasteiger partial charge >= 0.3 is 24.0 Å². The fourth-order valence-electron chi connectivity index (χ4n) is 5.03. The van der Waals surface area contributed by atoms with Crippen LogP contribution in [0, 0.1) is 0 Å². The molecule has 20 nitrogen and oxygen atoms in total. The number of imidazole rings is 2. The highest BCUT2D eigenvalue weighted by molar-refractivity contribution is 5.86. The van der Waals surface area contributed by atoms with Crippen LogP contribution in [0.15, 0.2) is 41.8 Å². The maximum absolute atomic E-state index is 10.9. The smallest absolute Gasteiger partial charge is 0.371 e. The van der Waals surface area contributed by atoms with Gasteiger partial charge in [0.2, 0.25) is 5.76 Å². The molecule has 0 saturated carbocycles. The number of unbranched alkanes of at least 4 members (excludes halogenated alkanes) is 2. The molecule has 6 N–H and O–H groups in total. The lowest BCUT2D eigenvalue weighted by atomic mass is 10.2. The lowest BCUT2D eigenvalue weighted by molar-refractivity contribution is -0.136. The van der Waals surface area contributed by atoms with Crippen molar-refractivity contribution >= 4 is 45.9 Å². The number of allylic oxidation sites excluding steroid dienone is 2. The van der Waals surface area contributed by atoms with Crippen LogP contribution < -0.4 is 30.4 Å². The van der Waals surface area contributed by atoms with Crippen molar-refractivity contribution in [2.75, 3.05) is 45.5 Å². The van der Waals surface area contributed by atoms with Gasteiger partial charge in [0.15, 0.2) is 34.0 Å². The van der Waals surface area contributed by atoms with Crippen LogP contribution in [-0.4, -0.2) is 100 Å². The van der Waals surface area contributed by atoms with Gasteiger partial charge in [0, 0.05) is 6.20 Å². The number of hydrogen-bond acceptors (Lipinski definition) is 16. The number of carboxylic acids is 2. The van der Waals surface area contributed by atoms with E-state index in [0.29, 0.717) is 60.7 Å². The number of anilines is 2. The Kier molecular flexibility index (Phi) is 12.6. The first-order valence-electron chi connectivity index (χ1n) is 16.9. The number of nitrogen functional groups attached to an aromatic ring is 2. The van der Waals surface area contributed by atoms with Gasteiger partial charge < -0.3 is 45.4 Å². The summed E-state index contributed by atoms with van der Waals surface area (Å²) in [5.74, 6) is -1.89. The van der Waals surface area contributed by atoms with Gasteiger partial charge in [0.1, 0.15) is 12.3 Å². The monoisotopic (exact) mass is 747 g/mol. The molecule has 0 saturated heterocycles. The number of pyridine rings is 1. The molecule has 5 aromatic rings. The quantitative estimate of drug-likeness (QED) is 0.105. The van der Waals surface area contributed by atoms with E-state index in [2.05, 4.69) is 48.7 Å². The summed E-state index contributed by atoms with van der Waals surface area (Å²) in [6.07, 6.45) is 8.33. The number of aliphatic carboxylic acids is 1. The summed E-state index contributed by atoms with van der Waals surface area (Å²) < 4.78 is 30.5. The van der Waals surface area contributed by atoms with E-state index in [1.54, 1.807) is 21.3 Å². The number of aromatic nitrogens is 9. The molecular weight excluding hydrogens is 706 g/mol. The Morgan fingerprint density at radius 1 is 0.778 bits per heavy atom. The molecule has 6 heterocycles. The molecule has 0 aliphatic carbocycles. The third-order valence-electron chi connectivity index (χ3n) is 7.80. The highest BCUT2D eigenvalue weighted by atomic mass is 16.5. The first-order chi connectivity index (χ1) is 26.1. The molecule has 0 aromatic carbocycles. The van der Waals surface area contributed by atoms with Gasteiger partial charge in [-0.15, -0.1) is 0 Å². The molecule has 0 fully saturated rings. The van der Waals surface area contributed by atoms with E-state index in [9.17, 15) is 9.59 Å². The normalized spacial score (nSPS) is 12.3. The third kappa shape index (κ3) is 9.00. The molecule has 0 atom stereocenters.